The molecule has 2 aliphatic heterocycles. The normalized spacial score (nSPS) is 45.1. The second kappa shape index (κ2) is 4.70. The second-order valence-electron chi connectivity index (χ2n) is 9.21. The van der Waals surface area contributed by atoms with Gasteiger partial charge in [0, 0.05) is 22.9 Å². The number of hydrogen-bond acceptors (Lipinski definition) is 5. The molecule has 5 nitrogen and oxygen atoms in total. The van der Waals surface area contributed by atoms with E-state index >= 15 is 0 Å². The average Bonchev–Trinajstić information content (AvgIpc) is 2.99. The Morgan fingerprint density at radius 1 is 1.32 bits per heavy atom. The van der Waals surface area contributed by atoms with Crippen molar-refractivity contribution in [1.82, 2.24) is 4.90 Å². The quantitative estimate of drug-likeness (QED) is 0.714. The minimum absolute atomic E-state index is 0.199. The summed E-state index contributed by atoms with van der Waals surface area (Å²) in [5, 5.41) is 21.5. The highest BCUT2D eigenvalue weighted by Gasteiger charge is 2.68. The molecule has 0 aromatic carbocycles. The Bertz CT molecular complexity index is 730. The molecule has 136 valence electrons. The molecule has 0 aromatic heterocycles. The Balaban J connectivity index is 1.70. The summed E-state index contributed by atoms with van der Waals surface area (Å²) in [6, 6.07) is 0.360. The van der Waals surface area contributed by atoms with Crippen LogP contribution in [0.25, 0.3) is 0 Å². The van der Waals surface area contributed by atoms with E-state index in [4.69, 9.17) is 9.47 Å². The first-order chi connectivity index (χ1) is 11.7. The van der Waals surface area contributed by atoms with Crippen LogP contribution in [0.5, 0.6) is 0 Å². The topological polar surface area (TPSA) is 62.2 Å². The number of ether oxygens (including phenoxy) is 2. The van der Waals surface area contributed by atoms with Gasteiger partial charge in [0.2, 0.25) is 0 Å². The summed E-state index contributed by atoms with van der Waals surface area (Å²) in [5.41, 5.74) is 1.73. The molecule has 2 bridgehead atoms. The Morgan fingerprint density at radius 3 is 2.80 bits per heavy atom. The van der Waals surface area contributed by atoms with E-state index in [0.29, 0.717) is 17.7 Å². The molecule has 1 spiro atoms. The van der Waals surface area contributed by atoms with Crippen molar-refractivity contribution in [3.63, 3.8) is 0 Å². The lowest BCUT2D eigenvalue weighted by Gasteiger charge is -2.56. The molecule has 5 rings (SSSR count). The van der Waals surface area contributed by atoms with Gasteiger partial charge in [-0.3, -0.25) is 0 Å². The molecule has 6 atom stereocenters. The summed E-state index contributed by atoms with van der Waals surface area (Å²) in [4.78, 5) is 2.42. The SMILES string of the molecule is CN1CC[C@@]23C4=C5C[C@@H]1C2C=C[C@H](O)[C@@H]3OC4=C(O)C5OC(C)(C)C. The largest absolute Gasteiger partial charge is 0.506 e. The van der Waals surface area contributed by atoms with Gasteiger partial charge in [-0.2, -0.15) is 0 Å². The van der Waals surface area contributed by atoms with Crippen LogP contribution in [0.4, 0.5) is 0 Å². The third kappa shape index (κ3) is 1.84. The predicted molar refractivity (Wildman–Crippen MR) is 92.9 cm³/mol. The molecule has 2 N–H and O–H groups in total. The fraction of sp³-hybridized carbons (Fsp3) is 0.700. The number of nitrogens with zero attached hydrogens (tertiary/aromatic N) is 1. The fourth-order valence-electron chi connectivity index (χ4n) is 5.83. The number of aliphatic hydroxyl groups excluding tert-OH is 2. The van der Waals surface area contributed by atoms with Crippen LogP contribution in [0.1, 0.15) is 33.6 Å². The van der Waals surface area contributed by atoms with Gasteiger partial charge >= 0.3 is 0 Å². The van der Waals surface area contributed by atoms with Gasteiger partial charge in [0.25, 0.3) is 0 Å². The summed E-state index contributed by atoms with van der Waals surface area (Å²) >= 11 is 0. The number of piperidine rings is 1. The smallest absolute Gasteiger partial charge is 0.168 e. The molecule has 0 saturated carbocycles. The molecule has 5 aliphatic rings. The highest BCUT2D eigenvalue weighted by atomic mass is 16.5. The number of likely N-dealkylation sites (tertiary alicyclic amines) is 1. The van der Waals surface area contributed by atoms with E-state index in [-0.39, 0.29) is 22.9 Å². The first kappa shape index (κ1) is 15.9. The van der Waals surface area contributed by atoms with Gasteiger partial charge in [0.1, 0.15) is 18.3 Å². The van der Waals surface area contributed by atoms with Crippen LogP contribution in [0.15, 0.2) is 34.8 Å². The highest BCUT2D eigenvalue weighted by molar-refractivity contribution is 5.58. The Kier molecular flexibility index (Phi) is 2.99. The van der Waals surface area contributed by atoms with Crippen molar-refractivity contribution in [3.05, 3.63) is 34.8 Å². The van der Waals surface area contributed by atoms with Gasteiger partial charge in [0.05, 0.1) is 5.60 Å². The Labute approximate surface area is 148 Å². The van der Waals surface area contributed by atoms with E-state index in [1.54, 1.807) is 0 Å². The van der Waals surface area contributed by atoms with E-state index in [9.17, 15) is 10.2 Å². The van der Waals surface area contributed by atoms with Crippen molar-refractivity contribution in [2.75, 3.05) is 13.6 Å². The number of hydrogen-bond donors (Lipinski definition) is 2. The van der Waals surface area contributed by atoms with Crippen LogP contribution in [0, 0.1) is 11.3 Å². The van der Waals surface area contributed by atoms with Gasteiger partial charge in [-0.1, -0.05) is 12.2 Å². The van der Waals surface area contributed by atoms with Crippen molar-refractivity contribution in [1.29, 1.82) is 0 Å². The Morgan fingerprint density at radius 2 is 2.08 bits per heavy atom. The molecule has 2 saturated heterocycles. The van der Waals surface area contributed by atoms with E-state index in [1.807, 2.05) is 26.8 Å². The summed E-state index contributed by atoms with van der Waals surface area (Å²) in [6.07, 6.45) is 4.55. The first-order valence-electron chi connectivity index (χ1n) is 9.32. The molecule has 2 heterocycles. The molecule has 2 fully saturated rings. The van der Waals surface area contributed by atoms with Crippen molar-refractivity contribution >= 4 is 0 Å². The van der Waals surface area contributed by atoms with Gasteiger partial charge in [-0.25, -0.2) is 0 Å². The molecule has 5 heteroatoms. The van der Waals surface area contributed by atoms with Crippen LogP contribution in [-0.2, 0) is 9.47 Å². The van der Waals surface area contributed by atoms with Gasteiger partial charge in [0.15, 0.2) is 11.5 Å². The van der Waals surface area contributed by atoms with Gasteiger partial charge in [-0.15, -0.1) is 0 Å². The minimum atomic E-state index is -0.625. The molecule has 2 unspecified atom stereocenters. The highest BCUT2D eigenvalue weighted by Crippen LogP contribution is 2.66. The van der Waals surface area contributed by atoms with Crippen molar-refractivity contribution in [3.8, 4) is 0 Å². The van der Waals surface area contributed by atoms with E-state index in [2.05, 4.69) is 18.0 Å². The molecule has 3 aliphatic carbocycles. The zero-order valence-electron chi connectivity index (χ0n) is 15.3. The minimum Gasteiger partial charge on any atom is -0.506 e. The Hall–Kier alpha value is -1.30. The third-order valence-corrected chi connectivity index (χ3v) is 6.74. The van der Waals surface area contributed by atoms with Crippen LogP contribution in [-0.4, -0.2) is 58.7 Å². The zero-order valence-corrected chi connectivity index (χ0v) is 15.3. The third-order valence-electron chi connectivity index (χ3n) is 6.74. The molecule has 25 heavy (non-hydrogen) atoms. The maximum Gasteiger partial charge on any atom is 0.168 e. The number of aliphatic hydroxyl groups is 2. The van der Waals surface area contributed by atoms with Gasteiger partial charge < -0.3 is 24.6 Å². The summed E-state index contributed by atoms with van der Waals surface area (Å²) in [6.45, 7) is 7.02. The standard InChI is InChI=1S/C20H27NO4/c1-19(2,3)25-16-10-9-12-11-5-6-13(22)18-20(11,7-8-21(12)4)14(10)17(24-18)15(16)23/h5-6,11-13,16,18,22-23H,7-9H2,1-4H3/t11?,12-,13+,16?,18+,20+/m1/s1. The first-order valence-corrected chi connectivity index (χ1v) is 9.32. The molecule has 0 radical (unpaired) electrons. The van der Waals surface area contributed by atoms with E-state index in [1.165, 1.54) is 5.57 Å². The monoisotopic (exact) mass is 345 g/mol. The molecule has 0 aromatic rings. The van der Waals surface area contributed by atoms with Crippen LogP contribution in [0.3, 0.4) is 0 Å². The van der Waals surface area contributed by atoms with Crippen LogP contribution >= 0.6 is 0 Å². The lowest BCUT2D eigenvalue weighted by Crippen LogP contribution is -2.61. The molecular weight excluding hydrogens is 318 g/mol. The average molecular weight is 345 g/mol. The predicted octanol–water partition coefficient (Wildman–Crippen LogP) is 2.29. The maximum absolute atomic E-state index is 10.9. The number of allylic oxidation sites excluding steroid dienone is 1. The van der Waals surface area contributed by atoms with Crippen molar-refractivity contribution in [2.45, 2.75) is 63.6 Å². The maximum atomic E-state index is 10.9. The summed E-state index contributed by atoms with van der Waals surface area (Å²) in [5.74, 6) is 1.10. The second-order valence-corrected chi connectivity index (χ2v) is 9.21. The fourth-order valence-corrected chi connectivity index (χ4v) is 5.83. The number of rotatable bonds is 1. The van der Waals surface area contributed by atoms with Gasteiger partial charge in [-0.05, 0) is 52.8 Å². The van der Waals surface area contributed by atoms with Crippen LogP contribution in [0.2, 0.25) is 0 Å². The molecular formula is C20H27NO4. The van der Waals surface area contributed by atoms with Crippen LogP contribution < -0.4 is 0 Å². The van der Waals surface area contributed by atoms with E-state index in [0.717, 1.165) is 25.0 Å². The van der Waals surface area contributed by atoms with Crippen molar-refractivity contribution < 1.29 is 19.7 Å². The molecule has 0 amide bonds. The lowest BCUT2D eigenvalue weighted by atomic mass is 9.53. The van der Waals surface area contributed by atoms with E-state index < -0.39 is 12.2 Å². The van der Waals surface area contributed by atoms with Crippen molar-refractivity contribution in [2.24, 2.45) is 11.3 Å². The summed E-state index contributed by atoms with van der Waals surface area (Å²) in [7, 11) is 2.18. The lowest BCUT2D eigenvalue weighted by molar-refractivity contribution is -0.0940. The zero-order chi connectivity index (χ0) is 17.7. The summed E-state index contributed by atoms with van der Waals surface area (Å²) < 4.78 is 12.5.